The first-order valence-electron chi connectivity index (χ1n) is 14.5. The lowest BCUT2D eigenvalue weighted by atomic mass is 9.96. The molecule has 0 bridgehead atoms. The molecule has 39 heavy (non-hydrogen) atoms. The average molecular weight is 530 g/mol. The summed E-state index contributed by atoms with van der Waals surface area (Å²) in [6.07, 6.45) is 7.00. The van der Waals surface area contributed by atoms with E-state index in [9.17, 15) is 9.59 Å². The molecule has 0 spiro atoms. The summed E-state index contributed by atoms with van der Waals surface area (Å²) < 4.78 is 11.5. The number of aryl methyl sites for hydroxylation is 1. The van der Waals surface area contributed by atoms with Crippen LogP contribution < -0.4 is 0 Å². The Balaban J connectivity index is 1.92. The largest absolute Gasteiger partial charge is 0.460 e. The molecule has 0 saturated heterocycles. The molecule has 0 saturated carbocycles. The number of unbranched alkanes of at least 4 members (excludes halogenated alkanes) is 3. The summed E-state index contributed by atoms with van der Waals surface area (Å²) in [6.45, 7) is 13.0. The second-order valence-corrected chi connectivity index (χ2v) is 10.4. The molecule has 1 aromatic heterocycles. The minimum atomic E-state index is -0.411. The standard InChI is InChI=1S/C34H43NO4/c1-6-9-17-31-32(29-24-28(18-19-30(29)39-31)34(37)38-25(4)5)33(36)27-16-12-14-26(23-27)15-13-22-35(20-10-7-2)21-11-8-3/h12,14,16,18-19,23-25H,6-11,17,20-22H2,1-5H3. The molecular formula is C34H43NO4. The Morgan fingerprint density at radius 1 is 0.923 bits per heavy atom. The maximum Gasteiger partial charge on any atom is 0.338 e. The van der Waals surface area contributed by atoms with E-state index in [0.717, 1.165) is 38.0 Å². The molecule has 0 atom stereocenters. The van der Waals surface area contributed by atoms with E-state index in [-0.39, 0.29) is 11.9 Å². The first-order chi connectivity index (χ1) is 18.9. The summed E-state index contributed by atoms with van der Waals surface area (Å²) in [5.74, 6) is 6.71. The second kappa shape index (κ2) is 15.3. The minimum Gasteiger partial charge on any atom is -0.460 e. The molecule has 5 nitrogen and oxygen atoms in total. The summed E-state index contributed by atoms with van der Waals surface area (Å²) in [6, 6.07) is 12.7. The molecule has 5 heteroatoms. The zero-order valence-corrected chi connectivity index (χ0v) is 24.3. The van der Waals surface area contributed by atoms with Crippen LogP contribution in [0.1, 0.15) is 111 Å². The van der Waals surface area contributed by atoms with Crippen molar-refractivity contribution in [2.24, 2.45) is 0 Å². The highest BCUT2D eigenvalue weighted by molar-refractivity contribution is 6.17. The van der Waals surface area contributed by atoms with Crippen LogP contribution in [0, 0.1) is 11.8 Å². The molecule has 0 amide bonds. The van der Waals surface area contributed by atoms with Crippen molar-refractivity contribution in [3.05, 3.63) is 70.5 Å². The van der Waals surface area contributed by atoms with E-state index in [1.54, 1.807) is 18.2 Å². The number of hydrogen-bond acceptors (Lipinski definition) is 5. The number of hydrogen-bond donors (Lipinski definition) is 0. The maximum absolute atomic E-state index is 13.9. The summed E-state index contributed by atoms with van der Waals surface area (Å²) in [5.41, 5.74) is 2.90. The number of carbonyl (C=O) groups excluding carboxylic acids is 2. The predicted octanol–water partition coefficient (Wildman–Crippen LogP) is 7.83. The molecule has 0 aliphatic carbocycles. The van der Waals surface area contributed by atoms with Crippen LogP contribution in [0.2, 0.25) is 0 Å². The Morgan fingerprint density at radius 2 is 1.64 bits per heavy atom. The predicted molar refractivity (Wildman–Crippen MR) is 158 cm³/mol. The number of ketones is 1. The Kier molecular flexibility index (Phi) is 11.8. The molecular weight excluding hydrogens is 486 g/mol. The minimum absolute atomic E-state index is 0.120. The van der Waals surface area contributed by atoms with Crippen LogP contribution in [0.3, 0.4) is 0 Å². The van der Waals surface area contributed by atoms with Crippen molar-refractivity contribution in [1.29, 1.82) is 0 Å². The van der Waals surface area contributed by atoms with Gasteiger partial charge in [0.25, 0.3) is 0 Å². The molecule has 0 radical (unpaired) electrons. The lowest BCUT2D eigenvalue weighted by molar-refractivity contribution is 0.0378. The Morgan fingerprint density at radius 3 is 2.31 bits per heavy atom. The third-order valence-electron chi connectivity index (χ3n) is 6.64. The van der Waals surface area contributed by atoms with E-state index in [2.05, 4.69) is 37.5 Å². The Hall–Kier alpha value is -3.36. The van der Waals surface area contributed by atoms with E-state index in [1.807, 2.05) is 38.1 Å². The van der Waals surface area contributed by atoms with Crippen molar-refractivity contribution < 1.29 is 18.7 Å². The number of furan rings is 1. The van der Waals surface area contributed by atoms with Gasteiger partial charge in [-0.25, -0.2) is 4.79 Å². The van der Waals surface area contributed by atoms with Crippen LogP contribution >= 0.6 is 0 Å². The average Bonchev–Trinajstić information content (AvgIpc) is 3.29. The van der Waals surface area contributed by atoms with E-state index >= 15 is 0 Å². The van der Waals surface area contributed by atoms with Gasteiger partial charge in [-0.1, -0.05) is 64.0 Å². The van der Waals surface area contributed by atoms with Gasteiger partial charge in [0.05, 0.1) is 23.8 Å². The van der Waals surface area contributed by atoms with Gasteiger partial charge in [0.15, 0.2) is 5.78 Å². The quantitative estimate of drug-likeness (QED) is 0.121. The smallest absolute Gasteiger partial charge is 0.338 e. The van der Waals surface area contributed by atoms with Crippen molar-refractivity contribution in [1.82, 2.24) is 4.90 Å². The highest BCUT2D eigenvalue weighted by atomic mass is 16.5. The third-order valence-corrected chi connectivity index (χ3v) is 6.64. The van der Waals surface area contributed by atoms with E-state index in [0.29, 0.717) is 39.8 Å². The summed E-state index contributed by atoms with van der Waals surface area (Å²) in [4.78, 5) is 28.9. The molecule has 0 aliphatic rings. The number of benzene rings is 2. The van der Waals surface area contributed by atoms with Crippen LogP contribution in [0.4, 0.5) is 0 Å². The maximum atomic E-state index is 13.9. The SMILES string of the molecule is CCCCc1oc2ccc(C(=O)OC(C)C)cc2c1C(=O)c1cccc(C#CCN(CCCC)CCCC)c1. The van der Waals surface area contributed by atoms with Gasteiger partial charge in [-0.15, -0.1) is 0 Å². The molecule has 0 aliphatic heterocycles. The highest BCUT2D eigenvalue weighted by Crippen LogP contribution is 2.31. The molecule has 0 fully saturated rings. The van der Waals surface area contributed by atoms with Gasteiger partial charge in [-0.2, -0.15) is 0 Å². The van der Waals surface area contributed by atoms with Gasteiger partial charge in [-0.3, -0.25) is 9.69 Å². The topological polar surface area (TPSA) is 59.8 Å². The lowest BCUT2D eigenvalue weighted by Gasteiger charge is -2.18. The van der Waals surface area contributed by atoms with Gasteiger partial charge >= 0.3 is 5.97 Å². The van der Waals surface area contributed by atoms with Crippen LogP contribution in [0.25, 0.3) is 11.0 Å². The molecule has 0 N–H and O–H groups in total. The van der Waals surface area contributed by atoms with Crippen LogP contribution in [-0.2, 0) is 11.2 Å². The van der Waals surface area contributed by atoms with Gasteiger partial charge < -0.3 is 9.15 Å². The number of esters is 1. The highest BCUT2D eigenvalue weighted by Gasteiger charge is 2.23. The molecule has 208 valence electrons. The second-order valence-electron chi connectivity index (χ2n) is 10.4. The molecule has 3 rings (SSSR count). The fourth-order valence-electron chi connectivity index (χ4n) is 4.49. The van der Waals surface area contributed by atoms with Crippen molar-refractivity contribution in [3.63, 3.8) is 0 Å². The first-order valence-corrected chi connectivity index (χ1v) is 14.5. The van der Waals surface area contributed by atoms with Crippen molar-refractivity contribution >= 4 is 22.7 Å². The molecule has 0 unspecified atom stereocenters. The normalized spacial score (nSPS) is 11.2. The van der Waals surface area contributed by atoms with Crippen molar-refractivity contribution in [2.75, 3.05) is 19.6 Å². The van der Waals surface area contributed by atoms with Crippen molar-refractivity contribution in [3.8, 4) is 11.8 Å². The third kappa shape index (κ3) is 8.57. The zero-order valence-electron chi connectivity index (χ0n) is 24.3. The monoisotopic (exact) mass is 529 g/mol. The Bertz CT molecular complexity index is 1300. The van der Waals surface area contributed by atoms with E-state index in [4.69, 9.17) is 9.15 Å². The van der Waals surface area contributed by atoms with E-state index < -0.39 is 5.97 Å². The summed E-state index contributed by atoms with van der Waals surface area (Å²) in [5, 5.41) is 0.642. The number of carbonyl (C=O) groups is 2. The summed E-state index contributed by atoms with van der Waals surface area (Å²) in [7, 11) is 0. The zero-order chi connectivity index (χ0) is 28.2. The van der Waals surface area contributed by atoms with Gasteiger partial charge in [0.2, 0.25) is 0 Å². The van der Waals surface area contributed by atoms with Gasteiger partial charge in [-0.05, 0) is 76.5 Å². The Labute approximate surface area is 233 Å². The number of fused-ring (bicyclic) bond motifs is 1. The van der Waals surface area contributed by atoms with E-state index in [1.165, 1.54) is 25.7 Å². The lowest BCUT2D eigenvalue weighted by Crippen LogP contribution is -2.26. The first kappa shape index (κ1) is 30.2. The molecule has 2 aromatic carbocycles. The molecule has 3 aromatic rings. The number of nitrogens with zero attached hydrogens (tertiary/aromatic N) is 1. The van der Waals surface area contributed by atoms with Crippen LogP contribution in [0.15, 0.2) is 46.9 Å². The fourth-order valence-corrected chi connectivity index (χ4v) is 4.49. The summed E-state index contributed by atoms with van der Waals surface area (Å²) >= 11 is 0. The molecule has 1 heterocycles. The van der Waals surface area contributed by atoms with Gasteiger partial charge in [0, 0.05) is 22.9 Å². The van der Waals surface area contributed by atoms with Crippen molar-refractivity contribution in [2.45, 2.75) is 85.7 Å². The van der Waals surface area contributed by atoms with Crippen LogP contribution in [0.5, 0.6) is 0 Å². The van der Waals surface area contributed by atoms with Crippen LogP contribution in [-0.4, -0.2) is 42.4 Å². The number of ether oxygens (including phenoxy) is 1. The fraction of sp³-hybridized carbons (Fsp3) is 0.471. The number of rotatable bonds is 14. The van der Waals surface area contributed by atoms with Gasteiger partial charge in [0.1, 0.15) is 11.3 Å².